The Balaban J connectivity index is 0.000000295. The maximum absolute atomic E-state index is 9.75. The van der Waals surface area contributed by atoms with Gasteiger partial charge >= 0.3 is 14.5 Å². The molecular formula is C46H54B2F8N2O10. The monoisotopic (exact) mass is 968 g/mol. The van der Waals surface area contributed by atoms with Gasteiger partial charge in [0.2, 0.25) is 13.1 Å². The maximum atomic E-state index is 9.75. The third-order valence-corrected chi connectivity index (χ3v) is 9.12. The number of rotatable bonds is 5. The second-order valence-corrected chi connectivity index (χ2v) is 14.1. The summed E-state index contributed by atoms with van der Waals surface area (Å²) in [7, 11) is -8.65. The van der Waals surface area contributed by atoms with Crippen molar-refractivity contribution in [3.8, 4) is 34.5 Å². The topological polar surface area (TPSA) is 100 Å². The summed E-state index contributed by atoms with van der Waals surface area (Å²) in [6, 6.07) is 32.0. The summed E-state index contributed by atoms with van der Waals surface area (Å²) >= 11 is 0. The van der Waals surface area contributed by atoms with Gasteiger partial charge in [-0.05, 0) is 45.8 Å². The van der Waals surface area contributed by atoms with E-state index in [1.807, 2.05) is 97.6 Å². The number of ether oxygens (including phenoxy) is 10. The lowest BCUT2D eigenvalue weighted by Crippen LogP contribution is -2.43. The van der Waals surface area contributed by atoms with Crippen LogP contribution in [0, 0.1) is 0 Å². The van der Waals surface area contributed by atoms with Crippen molar-refractivity contribution in [3.63, 3.8) is 0 Å². The highest BCUT2D eigenvalue weighted by atomic mass is 19.5. The molecule has 4 aromatic carbocycles. The smallest absolute Gasteiger partial charge is 0.496 e. The molecule has 12 nitrogen and oxygen atoms in total. The normalized spacial score (nSPS) is 14.6. The Morgan fingerprint density at radius 1 is 0.382 bits per heavy atom. The van der Waals surface area contributed by atoms with E-state index in [9.17, 15) is 34.5 Å². The van der Waals surface area contributed by atoms with Crippen molar-refractivity contribution in [2.45, 2.75) is 13.1 Å². The first-order valence-corrected chi connectivity index (χ1v) is 21.4. The lowest BCUT2D eigenvalue weighted by atomic mass is 10.1. The molecule has 22 heteroatoms. The average molecular weight is 969 g/mol. The molecule has 7 rings (SSSR count). The summed E-state index contributed by atoms with van der Waals surface area (Å²) in [5.41, 5.74) is 0. The predicted octanol–water partition coefficient (Wildman–Crippen LogP) is 8.87. The van der Waals surface area contributed by atoms with Crippen LogP contribution in [0.5, 0.6) is 34.5 Å². The van der Waals surface area contributed by atoms with Crippen LogP contribution in [0.15, 0.2) is 122 Å². The number of aryl methyl sites for hydroxylation is 2. The molecule has 0 saturated carbocycles. The molecule has 0 amide bonds. The van der Waals surface area contributed by atoms with E-state index in [4.69, 9.17) is 47.4 Å². The Morgan fingerprint density at radius 3 is 0.824 bits per heavy atom. The van der Waals surface area contributed by atoms with Gasteiger partial charge in [-0.1, -0.05) is 48.5 Å². The van der Waals surface area contributed by atoms with E-state index in [0.717, 1.165) is 46.1 Å². The fourth-order valence-corrected chi connectivity index (χ4v) is 6.02. The van der Waals surface area contributed by atoms with Crippen LogP contribution in [0.25, 0.3) is 21.5 Å². The Kier molecular flexibility index (Phi) is 23.7. The molecule has 0 atom stereocenters. The molecule has 2 aromatic heterocycles. The van der Waals surface area contributed by atoms with E-state index in [1.54, 1.807) is 14.2 Å². The second kappa shape index (κ2) is 29.6. The number of aromatic nitrogens is 2. The van der Waals surface area contributed by atoms with Gasteiger partial charge in [0.1, 0.15) is 37.9 Å². The van der Waals surface area contributed by atoms with E-state index in [2.05, 4.69) is 33.4 Å². The molecule has 1 aliphatic rings. The largest absolute Gasteiger partial charge is 0.673 e. The first-order chi connectivity index (χ1) is 32.7. The van der Waals surface area contributed by atoms with Gasteiger partial charge in [0.05, 0.1) is 67.1 Å². The molecule has 0 bridgehead atoms. The minimum Gasteiger partial charge on any atom is -0.496 e. The molecular weight excluding hydrogens is 914 g/mol. The third-order valence-electron chi connectivity index (χ3n) is 9.12. The van der Waals surface area contributed by atoms with E-state index < -0.39 is 14.5 Å². The number of fused-ring (bicyclic) bond motifs is 4. The van der Waals surface area contributed by atoms with Crippen LogP contribution in [0.3, 0.4) is 0 Å². The summed E-state index contributed by atoms with van der Waals surface area (Å²) in [5, 5.41) is 4.34. The summed E-state index contributed by atoms with van der Waals surface area (Å²) in [4.78, 5) is 0. The zero-order valence-electron chi connectivity index (χ0n) is 37.6. The van der Waals surface area contributed by atoms with Crippen LogP contribution >= 0.6 is 0 Å². The highest BCUT2D eigenvalue weighted by Crippen LogP contribution is 2.34. The van der Waals surface area contributed by atoms with Crippen molar-refractivity contribution in [3.05, 3.63) is 122 Å². The number of halogens is 8. The van der Waals surface area contributed by atoms with Crippen molar-refractivity contribution in [1.29, 1.82) is 0 Å². The molecule has 0 N–H and O–H groups in total. The fourth-order valence-electron chi connectivity index (χ4n) is 6.02. The maximum Gasteiger partial charge on any atom is 0.673 e. The zero-order chi connectivity index (χ0) is 49.0. The summed E-state index contributed by atoms with van der Waals surface area (Å²) in [6.07, 6.45) is 8.07. The van der Waals surface area contributed by atoms with Crippen LogP contribution in [0.2, 0.25) is 0 Å². The lowest BCUT2D eigenvalue weighted by Gasteiger charge is -2.16. The quantitative estimate of drug-likeness (QED) is 0.0947. The predicted molar refractivity (Wildman–Crippen MR) is 240 cm³/mol. The molecule has 0 fully saturated rings. The van der Waals surface area contributed by atoms with Gasteiger partial charge in [0.25, 0.3) is 0 Å². The van der Waals surface area contributed by atoms with Gasteiger partial charge < -0.3 is 81.9 Å². The molecule has 3 heterocycles. The summed E-state index contributed by atoms with van der Waals surface area (Å²) < 4.78 is 139. The Morgan fingerprint density at radius 2 is 0.603 bits per heavy atom. The van der Waals surface area contributed by atoms with Crippen molar-refractivity contribution in [2.24, 2.45) is 0 Å². The third kappa shape index (κ3) is 23.1. The summed E-state index contributed by atoms with van der Waals surface area (Å²) in [5.74, 6) is 4.48. The Labute approximate surface area is 389 Å². The van der Waals surface area contributed by atoms with E-state index >= 15 is 0 Å². The van der Waals surface area contributed by atoms with Gasteiger partial charge in [-0.2, -0.15) is 9.13 Å². The van der Waals surface area contributed by atoms with Gasteiger partial charge in [-0.3, -0.25) is 0 Å². The molecule has 0 unspecified atom stereocenters. The van der Waals surface area contributed by atoms with Gasteiger partial charge in [0.15, 0.2) is 47.8 Å². The highest BCUT2D eigenvalue weighted by Gasteiger charge is 2.21. The average Bonchev–Trinajstić information content (AvgIpc) is 3.31. The molecule has 1 aliphatic heterocycles. The molecule has 6 aromatic rings. The van der Waals surface area contributed by atoms with Crippen molar-refractivity contribution < 1.29 is 91.0 Å². The Hall–Kier alpha value is -6.09. The molecule has 0 radical (unpaired) electrons. The van der Waals surface area contributed by atoms with Crippen LogP contribution in [-0.4, -0.2) is 108 Å². The number of benzene rings is 4. The first-order valence-electron chi connectivity index (χ1n) is 21.4. The van der Waals surface area contributed by atoms with Gasteiger partial charge in [0, 0.05) is 24.3 Å². The summed E-state index contributed by atoms with van der Waals surface area (Å²) in [6.45, 7) is 7.04. The minimum atomic E-state index is -6.00. The van der Waals surface area contributed by atoms with E-state index in [-0.39, 0.29) is 0 Å². The molecule has 370 valence electrons. The van der Waals surface area contributed by atoms with Gasteiger partial charge in [-0.25, -0.2) is 0 Å². The van der Waals surface area contributed by atoms with Crippen LogP contribution in [0.4, 0.5) is 34.5 Å². The van der Waals surface area contributed by atoms with Crippen molar-refractivity contribution >= 4 is 36.1 Å². The lowest BCUT2D eigenvalue weighted by molar-refractivity contribution is -0.778. The number of nitrogens with zero attached hydrogens (tertiary/aromatic N) is 2. The van der Waals surface area contributed by atoms with E-state index in [0.29, 0.717) is 102 Å². The number of methoxy groups -OCH3 is 2. The molecule has 0 spiro atoms. The zero-order valence-corrected chi connectivity index (χ0v) is 37.6. The SMILES string of the molecule is COc1cc[n+](CC[n+]2ccc(OC)cc2)cc1.F[B-](F)(F)F.F[B-](F)(F)F.c1ccc2cc3c(cc2c1)OCCOCCOCCOc1cc2ccccc2cc1OCCOCCOCCO3. The molecule has 0 saturated heterocycles. The van der Waals surface area contributed by atoms with Crippen LogP contribution < -0.4 is 37.6 Å². The molecule has 0 aliphatic carbocycles. The highest BCUT2D eigenvalue weighted by molar-refractivity contribution is 6.50. The number of hydrogen-bond acceptors (Lipinski definition) is 10. The minimum absolute atomic E-state index is 0.399. The van der Waals surface area contributed by atoms with Crippen molar-refractivity contribution in [2.75, 3.05) is 93.5 Å². The van der Waals surface area contributed by atoms with Gasteiger partial charge in [-0.15, -0.1) is 0 Å². The first kappa shape index (κ1) is 54.5. The van der Waals surface area contributed by atoms with Crippen LogP contribution in [0.1, 0.15) is 0 Å². The standard InChI is InChI=1S/C32H36O8.C14H18N2O2.2BF4/c1-2-6-26-22-30-29(21-25(26)5-1)37-17-13-33-9-10-35-15-19-39-31-23-27-7-3-4-8-28(27)24-32(31)40-20-16-36-12-11-34-14-18-38-30;1-17-13-3-7-15(8-4-13)11-12-16-9-5-14(18-2)6-10-16;2*2-1(3,4)5/h1-8,21-24H,9-20H2;3-10H,11-12H2,1-2H3;;/q;+2;2*-1. The van der Waals surface area contributed by atoms with Crippen molar-refractivity contribution in [1.82, 2.24) is 0 Å². The number of pyridine rings is 2. The Bertz CT molecular complexity index is 2060. The van der Waals surface area contributed by atoms with E-state index in [1.165, 1.54) is 0 Å². The molecule has 68 heavy (non-hydrogen) atoms. The second-order valence-electron chi connectivity index (χ2n) is 14.1. The van der Waals surface area contributed by atoms with Crippen LogP contribution in [-0.2, 0) is 32.0 Å². The number of hydrogen-bond donors (Lipinski definition) is 0. The fraction of sp³-hybridized carbons (Fsp3) is 0.348.